The van der Waals surface area contributed by atoms with E-state index in [2.05, 4.69) is 6.92 Å². The van der Waals surface area contributed by atoms with Gasteiger partial charge in [0, 0.05) is 13.1 Å². The molecule has 1 fully saturated rings. The SMILES string of the molecule is CC(C)C(C(=O)N(C)C(C)C1CC1)C(N)=S. The van der Waals surface area contributed by atoms with E-state index in [-0.39, 0.29) is 17.7 Å². The lowest BCUT2D eigenvalue weighted by Gasteiger charge is -2.30. The average molecular weight is 242 g/mol. The van der Waals surface area contributed by atoms with Gasteiger partial charge in [-0.25, -0.2) is 0 Å². The number of nitrogens with two attached hydrogens (primary N) is 1. The van der Waals surface area contributed by atoms with Crippen molar-refractivity contribution in [1.29, 1.82) is 0 Å². The summed E-state index contributed by atoms with van der Waals surface area (Å²) in [4.78, 5) is 14.4. The number of carbonyl (C=O) groups excluding carboxylic acids is 1. The van der Waals surface area contributed by atoms with Crippen molar-refractivity contribution in [3.05, 3.63) is 0 Å². The maximum absolute atomic E-state index is 12.3. The fourth-order valence-corrected chi connectivity index (χ4v) is 2.42. The van der Waals surface area contributed by atoms with Crippen molar-refractivity contribution in [1.82, 2.24) is 4.90 Å². The van der Waals surface area contributed by atoms with Crippen LogP contribution in [0.2, 0.25) is 0 Å². The van der Waals surface area contributed by atoms with Crippen LogP contribution in [0.3, 0.4) is 0 Å². The Hall–Kier alpha value is -0.640. The van der Waals surface area contributed by atoms with Crippen LogP contribution in [0, 0.1) is 17.8 Å². The first-order chi connectivity index (χ1) is 7.36. The molecule has 0 radical (unpaired) electrons. The molecule has 0 aromatic carbocycles. The molecule has 3 nitrogen and oxygen atoms in total. The first kappa shape index (κ1) is 13.4. The Bertz CT molecular complexity index is 287. The van der Waals surface area contributed by atoms with E-state index in [1.165, 1.54) is 12.8 Å². The second-order valence-electron chi connectivity index (χ2n) is 5.15. The number of hydrogen-bond acceptors (Lipinski definition) is 2. The summed E-state index contributed by atoms with van der Waals surface area (Å²) in [6.45, 7) is 6.07. The maximum atomic E-state index is 12.3. The summed E-state index contributed by atoms with van der Waals surface area (Å²) in [5.74, 6) is 0.593. The molecule has 0 bridgehead atoms. The van der Waals surface area contributed by atoms with Crippen molar-refractivity contribution in [2.75, 3.05) is 7.05 Å². The normalized spacial score (nSPS) is 19.3. The van der Waals surface area contributed by atoms with Crippen LogP contribution >= 0.6 is 12.2 Å². The molecule has 2 atom stereocenters. The van der Waals surface area contributed by atoms with Gasteiger partial charge < -0.3 is 10.6 Å². The molecule has 16 heavy (non-hydrogen) atoms. The van der Waals surface area contributed by atoms with Crippen LogP contribution in [-0.4, -0.2) is 28.9 Å². The van der Waals surface area contributed by atoms with Crippen molar-refractivity contribution in [3.63, 3.8) is 0 Å². The third kappa shape index (κ3) is 2.94. The number of nitrogens with zero attached hydrogens (tertiary/aromatic N) is 1. The lowest BCUT2D eigenvalue weighted by Crippen LogP contribution is -2.45. The summed E-state index contributed by atoms with van der Waals surface area (Å²) in [6.07, 6.45) is 2.47. The number of thiocarbonyl (C=S) groups is 1. The molecule has 2 N–H and O–H groups in total. The lowest BCUT2D eigenvalue weighted by atomic mass is 9.93. The predicted molar refractivity (Wildman–Crippen MR) is 70.1 cm³/mol. The molecule has 0 aliphatic heterocycles. The topological polar surface area (TPSA) is 46.3 Å². The smallest absolute Gasteiger partial charge is 0.232 e. The molecule has 1 saturated carbocycles. The monoisotopic (exact) mass is 242 g/mol. The van der Waals surface area contributed by atoms with Crippen molar-refractivity contribution in [3.8, 4) is 0 Å². The zero-order valence-corrected chi connectivity index (χ0v) is 11.4. The third-order valence-corrected chi connectivity index (χ3v) is 3.76. The van der Waals surface area contributed by atoms with Crippen LogP contribution in [-0.2, 0) is 4.79 Å². The Morgan fingerprint density at radius 2 is 1.88 bits per heavy atom. The van der Waals surface area contributed by atoms with Gasteiger partial charge in [-0.05, 0) is 31.6 Å². The summed E-state index contributed by atoms with van der Waals surface area (Å²) in [5.41, 5.74) is 5.65. The standard InChI is InChI=1S/C12H22N2OS/c1-7(2)10(11(13)16)12(15)14(4)8(3)9-5-6-9/h7-10H,5-6H2,1-4H3,(H2,13,16). The fourth-order valence-electron chi connectivity index (χ4n) is 2.05. The van der Waals surface area contributed by atoms with E-state index in [9.17, 15) is 4.79 Å². The van der Waals surface area contributed by atoms with Crippen LogP contribution in [0.4, 0.5) is 0 Å². The van der Waals surface area contributed by atoms with Crippen LogP contribution < -0.4 is 5.73 Å². The van der Waals surface area contributed by atoms with Gasteiger partial charge in [-0.1, -0.05) is 26.1 Å². The molecule has 92 valence electrons. The van der Waals surface area contributed by atoms with Gasteiger partial charge in [0.05, 0.1) is 10.9 Å². The second-order valence-corrected chi connectivity index (χ2v) is 5.62. The molecule has 4 heteroatoms. The van der Waals surface area contributed by atoms with E-state index in [1.807, 2.05) is 25.8 Å². The lowest BCUT2D eigenvalue weighted by molar-refractivity contribution is -0.135. The Kier molecular flexibility index (Phi) is 4.30. The molecule has 1 amide bonds. The largest absolute Gasteiger partial charge is 0.393 e. The molecule has 2 unspecified atom stereocenters. The highest BCUT2D eigenvalue weighted by Gasteiger charge is 2.36. The van der Waals surface area contributed by atoms with Crippen LogP contribution in [0.15, 0.2) is 0 Å². The Labute approximate surface area is 103 Å². The molecule has 1 aliphatic carbocycles. The number of amides is 1. The quantitative estimate of drug-likeness (QED) is 0.748. The van der Waals surface area contributed by atoms with Gasteiger partial charge >= 0.3 is 0 Å². The molecule has 0 heterocycles. The van der Waals surface area contributed by atoms with E-state index in [1.54, 1.807) is 0 Å². The highest BCUT2D eigenvalue weighted by atomic mass is 32.1. The van der Waals surface area contributed by atoms with E-state index >= 15 is 0 Å². The summed E-state index contributed by atoms with van der Waals surface area (Å²) in [7, 11) is 1.86. The summed E-state index contributed by atoms with van der Waals surface area (Å²) >= 11 is 4.99. The summed E-state index contributed by atoms with van der Waals surface area (Å²) in [5, 5.41) is 0. The molecule has 0 saturated heterocycles. The number of hydrogen-bond donors (Lipinski definition) is 1. The first-order valence-electron chi connectivity index (χ1n) is 5.92. The zero-order chi connectivity index (χ0) is 12.5. The molecular weight excluding hydrogens is 220 g/mol. The van der Waals surface area contributed by atoms with Gasteiger partial charge in [0.25, 0.3) is 0 Å². The third-order valence-electron chi connectivity index (χ3n) is 3.50. The molecule has 1 aliphatic rings. The Balaban J connectivity index is 2.69. The van der Waals surface area contributed by atoms with Crippen molar-refractivity contribution < 1.29 is 4.79 Å². The van der Waals surface area contributed by atoms with Crippen molar-refractivity contribution in [2.24, 2.45) is 23.5 Å². The van der Waals surface area contributed by atoms with E-state index in [0.29, 0.717) is 16.9 Å². The van der Waals surface area contributed by atoms with Gasteiger partial charge in [-0.3, -0.25) is 4.79 Å². The van der Waals surface area contributed by atoms with Crippen molar-refractivity contribution in [2.45, 2.75) is 39.7 Å². The van der Waals surface area contributed by atoms with E-state index < -0.39 is 0 Å². The minimum Gasteiger partial charge on any atom is -0.393 e. The van der Waals surface area contributed by atoms with Gasteiger partial charge in [0.15, 0.2) is 0 Å². The number of carbonyl (C=O) groups is 1. The molecule has 0 aromatic heterocycles. The van der Waals surface area contributed by atoms with Gasteiger partial charge in [0.1, 0.15) is 0 Å². The zero-order valence-electron chi connectivity index (χ0n) is 10.6. The molecular formula is C12H22N2OS. The Morgan fingerprint density at radius 1 is 1.38 bits per heavy atom. The van der Waals surface area contributed by atoms with Gasteiger partial charge in [-0.2, -0.15) is 0 Å². The summed E-state index contributed by atoms with van der Waals surface area (Å²) < 4.78 is 0. The molecule has 1 rings (SSSR count). The molecule has 0 aromatic rings. The second kappa shape index (κ2) is 5.13. The Morgan fingerprint density at radius 3 is 2.19 bits per heavy atom. The maximum Gasteiger partial charge on any atom is 0.232 e. The fraction of sp³-hybridized carbons (Fsp3) is 0.833. The highest BCUT2D eigenvalue weighted by molar-refractivity contribution is 7.80. The van der Waals surface area contributed by atoms with Gasteiger partial charge in [0.2, 0.25) is 5.91 Å². The van der Waals surface area contributed by atoms with Crippen LogP contribution in [0.25, 0.3) is 0 Å². The minimum atomic E-state index is -0.318. The predicted octanol–water partition coefficient (Wildman–Crippen LogP) is 1.80. The molecule has 0 spiro atoms. The number of rotatable bonds is 5. The first-order valence-corrected chi connectivity index (χ1v) is 6.33. The van der Waals surface area contributed by atoms with Crippen LogP contribution in [0.1, 0.15) is 33.6 Å². The highest BCUT2D eigenvalue weighted by Crippen LogP contribution is 2.35. The van der Waals surface area contributed by atoms with E-state index in [4.69, 9.17) is 18.0 Å². The van der Waals surface area contributed by atoms with Crippen LogP contribution in [0.5, 0.6) is 0 Å². The van der Waals surface area contributed by atoms with E-state index in [0.717, 1.165) is 0 Å². The summed E-state index contributed by atoms with van der Waals surface area (Å²) in [6, 6.07) is 0.308. The average Bonchev–Trinajstić information content (AvgIpc) is 2.97. The minimum absolute atomic E-state index is 0.0712. The van der Waals surface area contributed by atoms with Gasteiger partial charge in [-0.15, -0.1) is 0 Å². The van der Waals surface area contributed by atoms with Crippen molar-refractivity contribution >= 4 is 23.1 Å².